The Bertz CT molecular complexity index is 432. The number of hydrogen-bond donors (Lipinski definition) is 3. The van der Waals surface area contributed by atoms with Gasteiger partial charge >= 0.3 is 0 Å². The zero-order valence-electron chi connectivity index (χ0n) is 10.2. The van der Waals surface area contributed by atoms with Crippen LogP contribution in [0.1, 0.15) is 13.8 Å². The quantitative estimate of drug-likeness (QED) is 0.120. The van der Waals surface area contributed by atoms with Crippen molar-refractivity contribution in [2.75, 3.05) is 6.61 Å². The Morgan fingerprint density at radius 2 is 1.89 bits per heavy atom. The van der Waals surface area contributed by atoms with E-state index in [1.165, 1.54) is 0 Å². The van der Waals surface area contributed by atoms with E-state index in [9.17, 15) is 24.6 Å². The average molecular weight is 275 g/mol. The van der Waals surface area contributed by atoms with Gasteiger partial charge in [-0.15, -0.1) is 0 Å². The molecule has 0 aromatic heterocycles. The van der Waals surface area contributed by atoms with Gasteiger partial charge in [0.05, 0.1) is 6.61 Å². The summed E-state index contributed by atoms with van der Waals surface area (Å²) in [7, 11) is 0. The van der Waals surface area contributed by atoms with Gasteiger partial charge in [-0.1, -0.05) is 0 Å². The van der Waals surface area contributed by atoms with E-state index in [1.807, 2.05) is 0 Å². The van der Waals surface area contributed by atoms with Gasteiger partial charge < -0.3 is 20.2 Å². The summed E-state index contributed by atoms with van der Waals surface area (Å²) in [5, 5.41) is 30.3. The van der Waals surface area contributed by atoms with Crippen molar-refractivity contribution >= 4 is 17.3 Å². The summed E-state index contributed by atoms with van der Waals surface area (Å²) in [4.78, 5) is 40.8. The zero-order valence-corrected chi connectivity index (χ0v) is 10.2. The third-order valence-corrected chi connectivity index (χ3v) is 2.37. The lowest BCUT2D eigenvalue weighted by Gasteiger charge is -2.33. The summed E-state index contributed by atoms with van der Waals surface area (Å²) in [6.07, 6.45) is -4.24. The number of nitrogens with zero attached hydrogens (tertiary/aromatic N) is 3. The highest BCUT2D eigenvalue weighted by molar-refractivity contribution is 6.44. The minimum atomic E-state index is -2.89. The molecule has 0 saturated carbocycles. The number of azide groups is 1. The molecular formula is C9H13N3O7. The van der Waals surface area contributed by atoms with E-state index < -0.39 is 41.8 Å². The second-order valence-corrected chi connectivity index (χ2v) is 3.63. The molecule has 106 valence electrons. The SMILES string of the molecule is CC(=O)C(=O)[C@@](ON=[N+]=[N-])(C(C)=O)[C@H](O)[C@H](O)CO. The normalized spacial score (nSPS) is 16.5. The third kappa shape index (κ3) is 3.26. The molecule has 0 amide bonds. The average Bonchev–Trinajstić information content (AvgIpc) is 2.37. The largest absolute Gasteiger partial charge is 0.407 e. The van der Waals surface area contributed by atoms with Gasteiger partial charge in [-0.3, -0.25) is 14.4 Å². The molecule has 0 heterocycles. The molecule has 10 heteroatoms. The lowest BCUT2D eigenvalue weighted by atomic mass is 9.83. The summed E-state index contributed by atoms with van der Waals surface area (Å²) in [6.45, 7) is 0.583. The summed E-state index contributed by atoms with van der Waals surface area (Å²) >= 11 is 0. The molecule has 0 radical (unpaired) electrons. The molecule has 19 heavy (non-hydrogen) atoms. The second kappa shape index (κ2) is 6.81. The fourth-order valence-electron chi connectivity index (χ4n) is 1.38. The van der Waals surface area contributed by atoms with Crippen LogP contribution in [0.3, 0.4) is 0 Å². The number of ketones is 3. The molecule has 0 aliphatic rings. The Balaban J connectivity index is 5.90. The molecule has 0 saturated heterocycles. The number of carbonyl (C=O) groups excluding carboxylic acids is 3. The van der Waals surface area contributed by atoms with Gasteiger partial charge in [0.25, 0.3) is 11.4 Å². The molecule has 0 aliphatic heterocycles. The minimum absolute atomic E-state index is 0.793. The Morgan fingerprint density at radius 1 is 1.37 bits per heavy atom. The van der Waals surface area contributed by atoms with E-state index in [4.69, 9.17) is 10.6 Å². The molecule has 3 N–H and O–H groups in total. The van der Waals surface area contributed by atoms with Crippen LogP contribution in [0.4, 0.5) is 0 Å². The van der Waals surface area contributed by atoms with Crippen molar-refractivity contribution in [1.82, 2.24) is 0 Å². The lowest BCUT2D eigenvalue weighted by Crippen LogP contribution is -2.62. The maximum Gasteiger partial charge on any atom is 0.268 e. The molecule has 0 aromatic carbocycles. The van der Waals surface area contributed by atoms with Crippen molar-refractivity contribution < 1.29 is 34.5 Å². The monoisotopic (exact) mass is 275 g/mol. The minimum Gasteiger partial charge on any atom is -0.407 e. The third-order valence-electron chi connectivity index (χ3n) is 2.37. The predicted octanol–water partition coefficient (Wildman–Crippen LogP) is -1.57. The van der Waals surface area contributed by atoms with Crippen LogP contribution < -0.4 is 0 Å². The molecule has 0 aliphatic carbocycles. The zero-order chi connectivity index (χ0) is 15.2. The van der Waals surface area contributed by atoms with Crippen molar-refractivity contribution in [2.24, 2.45) is 5.28 Å². The van der Waals surface area contributed by atoms with Gasteiger partial charge in [0.2, 0.25) is 0 Å². The lowest BCUT2D eigenvalue weighted by molar-refractivity contribution is -0.187. The first-order valence-electron chi connectivity index (χ1n) is 5.01. The Labute approximate surface area is 107 Å². The maximum absolute atomic E-state index is 11.7. The second-order valence-electron chi connectivity index (χ2n) is 3.63. The standard InChI is InChI=1S/C9H13N3O7/c1-4(14)7(17)9(5(2)15,19-12-11-10)8(18)6(16)3-13/h6,8,13,16,18H,3H2,1-2H3/t6-,8-,9+/m1/s1. The van der Waals surface area contributed by atoms with Gasteiger partial charge in [-0.2, -0.15) is 0 Å². The van der Waals surface area contributed by atoms with E-state index in [0.29, 0.717) is 0 Å². The van der Waals surface area contributed by atoms with Crippen molar-refractivity contribution in [2.45, 2.75) is 31.7 Å². The van der Waals surface area contributed by atoms with E-state index >= 15 is 0 Å². The molecular weight excluding hydrogens is 262 g/mol. The van der Waals surface area contributed by atoms with Crippen molar-refractivity contribution in [3.05, 3.63) is 10.4 Å². The first kappa shape index (κ1) is 17.0. The van der Waals surface area contributed by atoms with E-state index in [0.717, 1.165) is 13.8 Å². The number of hydrogen-bond acceptors (Lipinski definition) is 8. The molecule has 0 spiro atoms. The first-order chi connectivity index (χ1) is 8.75. The fourth-order valence-corrected chi connectivity index (χ4v) is 1.38. The molecule has 0 fully saturated rings. The smallest absolute Gasteiger partial charge is 0.268 e. The summed E-state index contributed by atoms with van der Waals surface area (Å²) in [5.74, 6) is -3.83. The van der Waals surface area contributed by atoms with Crippen LogP contribution in [0.2, 0.25) is 0 Å². The Kier molecular flexibility index (Phi) is 6.09. The Morgan fingerprint density at radius 3 is 2.21 bits per heavy atom. The van der Waals surface area contributed by atoms with Gasteiger partial charge in [-0.05, 0) is 12.5 Å². The number of rotatable bonds is 8. The van der Waals surface area contributed by atoms with Gasteiger partial charge in [0.1, 0.15) is 17.5 Å². The number of aliphatic hydroxyl groups excluding tert-OH is 3. The summed E-state index contributed by atoms with van der Waals surface area (Å²) in [5.41, 5.74) is 5.25. The molecule has 3 atom stereocenters. The summed E-state index contributed by atoms with van der Waals surface area (Å²) < 4.78 is 0. The highest BCUT2D eigenvalue weighted by Crippen LogP contribution is 2.23. The molecule has 0 bridgehead atoms. The van der Waals surface area contributed by atoms with Crippen molar-refractivity contribution in [3.63, 3.8) is 0 Å². The topological polar surface area (TPSA) is 170 Å². The van der Waals surface area contributed by atoms with Crippen molar-refractivity contribution in [3.8, 4) is 0 Å². The van der Waals surface area contributed by atoms with Crippen LogP contribution >= 0.6 is 0 Å². The van der Waals surface area contributed by atoms with Crippen LogP contribution in [-0.2, 0) is 19.2 Å². The number of carbonyl (C=O) groups is 3. The van der Waals surface area contributed by atoms with Crippen LogP contribution in [-0.4, -0.2) is 57.1 Å². The van der Waals surface area contributed by atoms with Gasteiger partial charge in [0, 0.05) is 11.8 Å². The Hall–Kier alpha value is -2.00. The highest BCUT2D eigenvalue weighted by Gasteiger charge is 2.56. The molecule has 0 rings (SSSR count). The van der Waals surface area contributed by atoms with Crippen LogP contribution in [0, 0.1) is 0 Å². The fraction of sp³-hybridized carbons (Fsp3) is 0.667. The number of Topliss-reactive ketones (excluding diaryl/α,β-unsaturated/α-hetero) is 3. The van der Waals surface area contributed by atoms with E-state index in [2.05, 4.69) is 15.0 Å². The van der Waals surface area contributed by atoms with Gasteiger partial charge in [0.15, 0.2) is 11.6 Å². The number of aliphatic hydroxyl groups is 3. The van der Waals surface area contributed by atoms with E-state index in [-0.39, 0.29) is 0 Å². The van der Waals surface area contributed by atoms with Crippen LogP contribution in [0.15, 0.2) is 5.28 Å². The van der Waals surface area contributed by atoms with Crippen LogP contribution in [0.25, 0.3) is 10.4 Å². The van der Waals surface area contributed by atoms with Crippen LogP contribution in [0.5, 0.6) is 0 Å². The predicted molar refractivity (Wildman–Crippen MR) is 58.4 cm³/mol. The first-order valence-corrected chi connectivity index (χ1v) is 5.01. The molecule has 10 nitrogen and oxygen atoms in total. The maximum atomic E-state index is 11.7. The molecule has 0 unspecified atom stereocenters. The van der Waals surface area contributed by atoms with Crippen molar-refractivity contribution in [1.29, 1.82) is 0 Å². The van der Waals surface area contributed by atoms with Gasteiger partial charge in [-0.25, -0.2) is 0 Å². The molecule has 0 aromatic rings. The summed E-state index contributed by atoms with van der Waals surface area (Å²) in [6, 6.07) is 0. The highest BCUT2D eigenvalue weighted by atomic mass is 16.7. The van der Waals surface area contributed by atoms with E-state index in [1.54, 1.807) is 0 Å².